The van der Waals surface area contributed by atoms with Crippen molar-refractivity contribution in [2.75, 3.05) is 19.8 Å². The molecule has 0 saturated heterocycles. The van der Waals surface area contributed by atoms with E-state index in [1.54, 1.807) is 11.3 Å². The van der Waals surface area contributed by atoms with Crippen molar-refractivity contribution >= 4 is 11.3 Å². The Morgan fingerprint density at radius 1 is 1.47 bits per heavy atom. The summed E-state index contributed by atoms with van der Waals surface area (Å²) in [5, 5.41) is 3.57. The van der Waals surface area contributed by atoms with Gasteiger partial charge in [-0.2, -0.15) is 0 Å². The first-order chi connectivity index (χ1) is 8.15. The summed E-state index contributed by atoms with van der Waals surface area (Å²) in [6.45, 7) is 11.2. The van der Waals surface area contributed by atoms with E-state index in [1.807, 2.05) is 12.4 Å². The molecule has 0 aliphatic carbocycles. The van der Waals surface area contributed by atoms with Crippen molar-refractivity contribution < 1.29 is 4.74 Å². The molecule has 4 heteroatoms. The second-order valence-electron chi connectivity index (χ2n) is 4.58. The lowest BCUT2D eigenvalue weighted by Gasteiger charge is -2.22. The summed E-state index contributed by atoms with van der Waals surface area (Å²) in [5.41, 5.74) is 3.09. The number of ether oxygens (including phenoxy) is 1. The van der Waals surface area contributed by atoms with Gasteiger partial charge in [0.25, 0.3) is 0 Å². The lowest BCUT2D eigenvalue weighted by molar-refractivity contribution is 0.108. The number of hydrogen-bond donors (Lipinski definition) is 1. The summed E-state index contributed by atoms with van der Waals surface area (Å²) >= 11 is 1.75. The van der Waals surface area contributed by atoms with Gasteiger partial charge in [-0.25, -0.2) is 4.98 Å². The molecule has 0 amide bonds. The fourth-order valence-corrected chi connectivity index (χ4v) is 2.45. The topological polar surface area (TPSA) is 34.1 Å². The molecule has 0 fully saturated rings. The maximum Gasteiger partial charge on any atom is 0.0797 e. The Bertz CT molecular complexity index is 312. The molecule has 1 atom stereocenters. The van der Waals surface area contributed by atoms with Gasteiger partial charge in [0.1, 0.15) is 0 Å². The SMILES string of the molecule is CCOCC(NCCc1scnc1C)C(C)C. The molecule has 0 spiro atoms. The van der Waals surface area contributed by atoms with Crippen LogP contribution in [0.2, 0.25) is 0 Å². The van der Waals surface area contributed by atoms with Crippen LogP contribution in [0.4, 0.5) is 0 Å². The molecule has 3 nitrogen and oxygen atoms in total. The number of rotatable bonds is 8. The Morgan fingerprint density at radius 3 is 2.76 bits per heavy atom. The van der Waals surface area contributed by atoms with Crippen LogP contribution in [0, 0.1) is 12.8 Å². The van der Waals surface area contributed by atoms with Gasteiger partial charge in [-0.3, -0.25) is 0 Å². The van der Waals surface area contributed by atoms with Gasteiger partial charge in [0.15, 0.2) is 0 Å². The van der Waals surface area contributed by atoms with E-state index >= 15 is 0 Å². The minimum absolute atomic E-state index is 0.447. The second kappa shape index (κ2) is 7.80. The lowest BCUT2D eigenvalue weighted by atomic mass is 10.1. The largest absolute Gasteiger partial charge is 0.380 e. The molecule has 0 aliphatic rings. The van der Waals surface area contributed by atoms with Crippen molar-refractivity contribution in [2.45, 2.75) is 40.2 Å². The zero-order valence-electron chi connectivity index (χ0n) is 11.3. The Kier molecular flexibility index (Phi) is 6.70. The molecule has 17 heavy (non-hydrogen) atoms. The summed E-state index contributed by atoms with van der Waals surface area (Å²) in [4.78, 5) is 5.65. The third-order valence-corrected chi connectivity index (χ3v) is 3.90. The van der Waals surface area contributed by atoms with Crippen LogP contribution in [0.5, 0.6) is 0 Å². The van der Waals surface area contributed by atoms with Crippen LogP contribution >= 0.6 is 11.3 Å². The van der Waals surface area contributed by atoms with E-state index in [-0.39, 0.29) is 0 Å². The molecule has 1 heterocycles. The molecule has 1 unspecified atom stereocenters. The first-order valence-electron chi connectivity index (χ1n) is 6.35. The quantitative estimate of drug-likeness (QED) is 0.776. The summed E-state index contributed by atoms with van der Waals surface area (Å²) in [5.74, 6) is 0.601. The maximum atomic E-state index is 5.50. The van der Waals surface area contributed by atoms with Crippen LogP contribution in [0.1, 0.15) is 31.3 Å². The van der Waals surface area contributed by atoms with Gasteiger partial charge < -0.3 is 10.1 Å². The van der Waals surface area contributed by atoms with Crippen molar-refractivity contribution in [3.05, 3.63) is 16.1 Å². The van der Waals surface area contributed by atoms with Crippen molar-refractivity contribution in [2.24, 2.45) is 5.92 Å². The minimum Gasteiger partial charge on any atom is -0.380 e. The highest BCUT2D eigenvalue weighted by Gasteiger charge is 2.12. The van der Waals surface area contributed by atoms with Crippen LogP contribution < -0.4 is 5.32 Å². The third-order valence-electron chi connectivity index (χ3n) is 2.91. The summed E-state index contributed by atoms with van der Waals surface area (Å²) < 4.78 is 5.50. The molecular weight excluding hydrogens is 232 g/mol. The molecule has 1 aromatic heterocycles. The molecule has 1 rings (SSSR count). The van der Waals surface area contributed by atoms with Crippen molar-refractivity contribution in [1.82, 2.24) is 10.3 Å². The van der Waals surface area contributed by atoms with Crippen LogP contribution in [-0.4, -0.2) is 30.8 Å². The van der Waals surface area contributed by atoms with Gasteiger partial charge >= 0.3 is 0 Å². The first-order valence-corrected chi connectivity index (χ1v) is 7.23. The van der Waals surface area contributed by atoms with E-state index in [0.29, 0.717) is 12.0 Å². The first kappa shape index (κ1) is 14.6. The standard InChI is InChI=1S/C13H24N2OS/c1-5-16-8-12(10(2)3)14-7-6-13-11(4)15-9-17-13/h9-10,12,14H,5-8H2,1-4H3. The van der Waals surface area contributed by atoms with Gasteiger partial charge in [-0.1, -0.05) is 13.8 Å². The fourth-order valence-electron chi connectivity index (χ4n) is 1.67. The summed E-state index contributed by atoms with van der Waals surface area (Å²) in [6.07, 6.45) is 1.06. The molecule has 0 saturated carbocycles. The Balaban J connectivity index is 2.29. The van der Waals surface area contributed by atoms with E-state index in [2.05, 4.69) is 31.1 Å². The summed E-state index contributed by atoms with van der Waals surface area (Å²) in [7, 11) is 0. The van der Waals surface area contributed by atoms with Gasteiger partial charge in [0.05, 0.1) is 17.8 Å². The predicted octanol–water partition coefficient (Wildman–Crippen LogP) is 2.64. The van der Waals surface area contributed by atoms with Crippen LogP contribution in [0.15, 0.2) is 5.51 Å². The number of aromatic nitrogens is 1. The zero-order valence-corrected chi connectivity index (χ0v) is 12.1. The molecular formula is C13H24N2OS. The van der Waals surface area contributed by atoms with Gasteiger partial charge in [-0.05, 0) is 26.2 Å². The van der Waals surface area contributed by atoms with E-state index in [1.165, 1.54) is 10.6 Å². The molecule has 0 aromatic carbocycles. The highest BCUT2D eigenvalue weighted by Crippen LogP contribution is 2.12. The summed E-state index contributed by atoms with van der Waals surface area (Å²) in [6, 6.07) is 0.447. The highest BCUT2D eigenvalue weighted by molar-refractivity contribution is 7.09. The van der Waals surface area contributed by atoms with Crippen molar-refractivity contribution in [3.8, 4) is 0 Å². The second-order valence-corrected chi connectivity index (χ2v) is 5.51. The fraction of sp³-hybridized carbons (Fsp3) is 0.769. The smallest absolute Gasteiger partial charge is 0.0797 e. The molecule has 0 radical (unpaired) electrons. The lowest BCUT2D eigenvalue weighted by Crippen LogP contribution is -2.39. The zero-order chi connectivity index (χ0) is 12.7. The van der Waals surface area contributed by atoms with Gasteiger partial charge in [-0.15, -0.1) is 11.3 Å². The Morgan fingerprint density at radius 2 is 2.24 bits per heavy atom. The number of aryl methyl sites for hydroxylation is 1. The molecule has 0 bridgehead atoms. The van der Waals surface area contributed by atoms with Crippen LogP contribution in [0.3, 0.4) is 0 Å². The third kappa shape index (κ3) is 5.15. The number of nitrogens with zero attached hydrogens (tertiary/aromatic N) is 1. The number of hydrogen-bond acceptors (Lipinski definition) is 4. The average molecular weight is 256 g/mol. The molecule has 1 aromatic rings. The van der Waals surface area contributed by atoms with E-state index in [4.69, 9.17) is 4.74 Å². The number of nitrogens with one attached hydrogen (secondary N) is 1. The van der Waals surface area contributed by atoms with Gasteiger partial charge in [0, 0.05) is 24.1 Å². The van der Waals surface area contributed by atoms with Crippen molar-refractivity contribution in [3.63, 3.8) is 0 Å². The molecule has 0 aliphatic heterocycles. The Hall–Kier alpha value is -0.450. The highest BCUT2D eigenvalue weighted by atomic mass is 32.1. The van der Waals surface area contributed by atoms with Crippen molar-refractivity contribution in [1.29, 1.82) is 0 Å². The van der Waals surface area contributed by atoms with Crippen LogP contribution in [0.25, 0.3) is 0 Å². The molecule has 98 valence electrons. The normalized spacial score (nSPS) is 13.2. The van der Waals surface area contributed by atoms with E-state index in [0.717, 1.165) is 26.2 Å². The van der Waals surface area contributed by atoms with Crippen LogP contribution in [-0.2, 0) is 11.2 Å². The molecule has 1 N–H and O–H groups in total. The maximum absolute atomic E-state index is 5.50. The average Bonchev–Trinajstić information content (AvgIpc) is 2.69. The van der Waals surface area contributed by atoms with Gasteiger partial charge in [0.2, 0.25) is 0 Å². The number of thiazole rings is 1. The van der Waals surface area contributed by atoms with E-state index in [9.17, 15) is 0 Å². The van der Waals surface area contributed by atoms with E-state index < -0.39 is 0 Å². The Labute approximate surface area is 109 Å². The minimum atomic E-state index is 0.447. The predicted molar refractivity (Wildman–Crippen MR) is 73.7 cm³/mol. The monoisotopic (exact) mass is 256 g/mol.